The minimum Gasteiger partial charge on any atom is -0.368 e. The summed E-state index contributed by atoms with van der Waals surface area (Å²) in [4.78, 5) is 13.5. The maximum Gasteiger partial charge on any atom is 0.152 e. The quantitative estimate of drug-likeness (QED) is 0.747. The van der Waals surface area contributed by atoms with Gasteiger partial charge in [-0.2, -0.15) is 0 Å². The Labute approximate surface area is 114 Å². The smallest absolute Gasteiger partial charge is 0.152 e. The highest BCUT2D eigenvalue weighted by Crippen LogP contribution is 2.31. The van der Waals surface area contributed by atoms with Gasteiger partial charge < -0.3 is 4.90 Å². The summed E-state index contributed by atoms with van der Waals surface area (Å²) in [6, 6.07) is 5.03. The molecule has 0 amide bonds. The van der Waals surface area contributed by atoms with E-state index in [2.05, 4.69) is 18.7 Å². The van der Waals surface area contributed by atoms with Crippen molar-refractivity contribution in [3.8, 4) is 0 Å². The van der Waals surface area contributed by atoms with E-state index in [1.54, 1.807) is 6.07 Å². The highest BCUT2D eigenvalue weighted by Gasteiger charge is 2.25. The highest BCUT2D eigenvalue weighted by atomic mass is 19.1. The summed E-state index contributed by atoms with van der Waals surface area (Å²) in [6.45, 7) is 5.26. The average Bonchev–Trinajstić information content (AvgIpc) is 2.89. The topological polar surface area (TPSA) is 20.3 Å². The summed E-state index contributed by atoms with van der Waals surface area (Å²) in [7, 11) is 0. The first-order chi connectivity index (χ1) is 9.11. The molecule has 0 N–H and O–H groups in total. The molecular weight excluding hydrogens is 241 g/mol. The second-order valence-electron chi connectivity index (χ2n) is 5.81. The van der Waals surface area contributed by atoms with Crippen LogP contribution in [-0.4, -0.2) is 18.9 Å². The number of aldehydes is 1. The van der Waals surface area contributed by atoms with E-state index in [9.17, 15) is 9.18 Å². The maximum atomic E-state index is 13.3. The van der Waals surface area contributed by atoms with Gasteiger partial charge in [-0.1, -0.05) is 26.7 Å². The molecule has 0 saturated heterocycles. The number of hydrogen-bond acceptors (Lipinski definition) is 2. The SMILES string of the molecule is CC(C)CN(c1ccc(F)cc1C=O)C1CCCC1. The summed E-state index contributed by atoms with van der Waals surface area (Å²) >= 11 is 0. The van der Waals surface area contributed by atoms with E-state index in [0.717, 1.165) is 18.5 Å². The van der Waals surface area contributed by atoms with Crippen molar-refractivity contribution in [3.63, 3.8) is 0 Å². The number of benzene rings is 1. The summed E-state index contributed by atoms with van der Waals surface area (Å²) in [6.07, 6.45) is 5.60. The third kappa shape index (κ3) is 3.34. The zero-order valence-electron chi connectivity index (χ0n) is 11.7. The van der Waals surface area contributed by atoms with Gasteiger partial charge in [0, 0.05) is 23.8 Å². The molecular formula is C16H22FNO. The van der Waals surface area contributed by atoms with Gasteiger partial charge in [0.05, 0.1) is 0 Å². The zero-order chi connectivity index (χ0) is 13.8. The molecule has 0 unspecified atom stereocenters. The van der Waals surface area contributed by atoms with E-state index < -0.39 is 0 Å². The highest BCUT2D eigenvalue weighted by molar-refractivity contribution is 5.84. The molecule has 0 atom stereocenters. The van der Waals surface area contributed by atoms with Gasteiger partial charge in [0.2, 0.25) is 0 Å². The van der Waals surface area contributed by atoms with E-state index in [4.69, 9.17) is 0 Å². The first-order valence-electron chi connectivity index (χ1n) is 7.13. The minimum atomic E-state index is -0.346. The number of nitrogens with zero attached hydrogens (tertiary/aromatic N) is 1. The molecule has 0 aromatic heterocycles. The standard InChI is InChI=1S/C16H22FNO/c1-12(2)10-18(15-5-3-4-6-15)16-8-7-14(17)9-13(16)11-19/h7-9,11-12,15H,3-6,10H2,1-2H3. The molecule has 104 valence electrons. The Balaban J connectivity index is 2.33. The number of hydrogen-bond donors (Lipinski definition) is 0. The van der Waals surface area contributed by atoms with E-state index in [0.29, 0.717) is 17.5 Å². The van der Waals surface area contributed by atoms with E-state index in [-0.39, 0.29) is 5.82 Å². The predicted octanol–water partition coefficient (Wildman–Crippen LogP) is 4.04. The summed E-state index contributed by atoms with van der Waals surface area (Å²) in [5.74, 6) is 0.173. The van der Waals surface area contributed by atoms with Crippen LogP contribution in [0.1, 0.15) is 49.9 Å². The number of halogens is 1. The fraction of sp³-hybridized carbons (Fsp3) is 0.562. The number of anilines is 1. The molecule has 1 fully saturated rings. The molecule has 19 heavy (non-hydrogen) atoms. The van der Waals surface area contributed by atoms with Crippen molar-refractivity contribution >= 4 is 12.0 Å². The Hall–Kier alpha value is -1.38. The van der Waals surface area contributed by atoms with Crippen LogP contribution in [0.2, 0.25) is 0 Å². The molecule has 0 heterocycles. The van der Waals surface area contributed by atoms with Crippen LogP contribution in [0.3, 0.4) is 0 Å². The fourth-order valence-corrected chi connectivity index (χ4v) is 2.93. The lowest BCUT2D eigenvalue weighted by atomic mass is 10.1. The number of rotatable bonds is 5. The van der Waals surface area contributed by atoms with E-state index >= 15 is 0 Å². The fourth-order valence-electron chi connectivity index (χ4n) is 2.93. The predicted molar refractivity (Wildman–Crippen MR) is 76.2 cm³/mol. The van der Waals surface area contributed by atoms with Crippen molar-refractivity contribution in [2.75, 3.05) is 11.4 Å². The second kappa shape index (κ2) is 6.18. The first-order valence-corrected chi connectivity index (χ1v) is 7.13. The van der Waals surface area contributed by atoms with Crippen molar-refractivity contribution in [1.29, 1.82) is 0 Å². The lowest BCUT2D eigenvalue weighted by Gasteiger charge is -2.33. The van der Waals surface area contributed by atoms with Crippen molar-refractivity contribution in [2.45, 2.75) is 45.6 Å². The van der Waals surface area contributed by atoms with Crippen molar-refractivity contribution in [1.82, 2.24) is 0 Å². The Morgan fingerprint density at radius 2 is 2.05 bits per heavy atom. The van der Waals surface area contributed by atoms with Gasteiger partial charge in [-0.25, -0.2) is 4.39 Å². The Bertz CT molecular complexity index is 438. The van der Waals surface area contributed by atoms with Crippen LogP contribution in [0.25, 0.3) is 0 Å². The third-order valence-electron chi connectivity index (χ3n) is 3.75. The second-order valence-corrected chi connectivity index (χ2v) is 5.81. The largest absolute Gasteiger partial charge is 0.368 e. The van der Waals surface area contributed by atoms with Gasteiger partial charge in [0.25, 0.3) is 0 Å². The molecule has 0 radical (unpaired) electrons. The molecule has 0 aliphatic heterocycles. The van der Waals surface area contributed by atoms with E-state index in [1.165, 1.54) is 37.8 Å². The summed E-state index contributed by atoms with van der Waals surface area (Å²) < 4.78 is 13.3. The van der Waals surface area contributed by atoms with Crippen molar-refractivity contribution in [3.05, 3.63) is 29.6 Å². The summed E-state index contributed by atoms with van der Waals surface area (Å²) in [5.41, 5.74) is 1.35. The van der Waals surface area contributed by atoms with Gasteiger partial charge in [0.1, 0.15) is 5.82 Å². The molecule has 1 aromatic rings. The molecule has 2 nitrogen and oxygen atoms in total. The molecule has 2 rings (SSSR count). The monoisotopic (exact) mass is 263 g/mol. The maximum absolute atomic E-state index is 13.3. The normalized spacial score (nSPS) is 16.0. The Morgan fingerprint density at radius 3 is 2.63 bits per heavy atom. The first kappa shape index (κ1) is 14.0. The molecule has 1 aliphatic carbocycles. The summed E-state index contributed by atoms with van der Waals surface area (Å²) in [5, 5.41) is 0. The zero-order valence-corrected chi connectivity index (χ0v) is 11.7. The lowest BCUT2D eigenvalue weighted by Crippen LogP contribution is -2.37. The van der Waals surface area contributed by atoms with Crippen LogP contribution in [0.15, 0.2) is 18.2 Å². The van der Waals surface area contributed by atoms with Crippen LogP contribution in [0.4, 0.5) is 10.1 Å². The molecule has 1 saturated carbocycles. The number of carbonyl (C=O) groups excluding carboxylic acids is 1. The van der Waals surface area contributed by atoms with Crippen LogP contribution < -0.4 is 4.90 Å². The molecule has 0 bridgehead atoms. The van der Waals surface area contributed by atoms with Gasteiger partial charge in [-0.05, 0) is 37.0 Å². The van der Waals surface area contributed by atoms with Gasteiger partial charge in [-0.15, -0.1) is 0 Å². The minimum absolute atomic E-state index is 0.346. The molecule has 1 aliphatic rings. The Kier molecular flexibility index (Phi) is 4.56. The van der Waals surface area contributed by atoms with E-state index in [1.807, 2.05) is 0 Å². The van der Waals surface area contributed by atoms with Crippen molar-refractivity contribution < 1.29 is 9.18 Å². The van der Waals surface area contributed by atoms with Crippen LogP contribution in [0.5, 0.6) is 0 Å². The van der Waals surface area contributed by atoms with Gasteiger partial charge in [0.15, 0.2) is 6.29 Å². The van der Waals surface area contributed by atoms with Crippen LogP contribution in [0, 0.1) is 11.7 Å². The molecule has 0 spiro atoms. The number of carbonyl (C=O) groups is 1. The van der Waals surface area contributed by atoms with Crippen LogP contribution in [-0.2, 0) is 0 Å². The lowest BCUT2D eigenvalue weighted by molar-refractivity contribution is 0.112. The van der Waals surface area contributed by atoms with Gasteiger partial charge in [-0.3, -0.25) is 4.79 Å². The molecule has 1 aromatic carbocycles. The average molecular weight is 263 g/mol. The Morgan fingerprint density at radius 1 is 1.37 bits per heavy atom. The van der Waals surface area contributed by atoms with Gasteiger partial charge >= 0.3 is 0 Å². The van der Waals surface area contributed by atoms with Crippen LogP contribution >= 0.6 is 0 Å². The third-order valence-corrected chi connectivity index (χ3v) is 3.75. The molecule has 3 heteroatoms. The van der Waals surface area contributed by atoms with Crippen molar-refractivity contribution in [2.24, 2.45) is 5.92 Å².